The third-order valence-corrected chi connectivity index (χ3v) is 4.97. The number of methoxy groups -OCH3 is 1. The smallest absolute Gasteiger partial charge is 0.320 e. The van der Waals surface area contributed by atoms with E-state index in [4.69, 9.17) is 9.47 Å². The second-order valence-corrected chi connectivity index (χ2v) is 6.47. The van der Waals surface area contributed by atoms with Crippen LogP contribution in [0, 0.1) is 11.8 Å². The van der Waals surface area contributed by atoms with Gasteiger partial charge in [-0.05, 0) is 70.7 Å². The summed E-state index contributed by atoms with van der Waals surface area (Å²) < 4.78 is 10.0. The fourth-order valence-corrected chi connectivity index (χ4v) is 3.55. The highest BCUT2D eigenvalue weighted by atomic mass is 16.6. The zero-order valence-corrected chi connectivity index (χ0v) is 13.6. The average Bonchev–Trinajstić information content (AvgIpc) is 2.49. The molecule has 0 radical (unpaired) electrons. The van der Waals surface area contributed by atoms with Crippen LogP contribution in [0.3, 0.4) is 0 Å². The van der Waals surface area contributed by atoms with Crippen LogP contribution in [-0.2, 0) is 14.3 Å². The lowest BCUT2D eigenvalue weighted by atomic mass is 9.79. The molecule has 2 fully saturated rings. The van der Waals surface area contributed by atoms with Crippen LogP contribution >= 0.6 is 0 Å². The molecule has 0 aromatic carbocycles. The van der Waals surface area contributed by atoms with Crippen molar-refractivity contribution < 1.29 is 14.3 Å². The van der Waals surface area contributed by atoms with Crippen molar-refractivity contribution in [1.82, 2.24) is 9.80 Å². The van der Waals surface area contributed by atoms with Crippen molar-refractivity contribution in [3.8, 4) is 0 Å². The molecule has 0 aromatic heterocycles. The maximum absolute atomic E-state index is 11.7. The number of likely N-dealkylation sites (tertiary alicyclic amines) is 2. The maximum atomic E-state index is 11.7. The molecule has 2 rings (SSSR count). The summed E-state index contributed by atoms with van der Waals surface area (Å²) in [5.41, 5.74) is 0. The molecule has 5 nitrogen and oxygen atoms in total. The van der Waals surface area contributed by atoms with Crippen LogP contribution in [0.5, 0.6) is 0 Å². The van der Waals surface area contributed by atoms with E-state index in [0.717, 1.165) is 24.9 Å². The fraction of sp³-hybridized carbons (Fsp3) is 0.938. The molecule has 5 heteroatoms. The van der Waals surface area contributed by atoms with E-state index in [1.165, 1.54) is 38.8 Å². The van der Waals surface area contributed by atoms with E-state index in [1.54, 1.807) is 7.11 Å². The highest BCUT2D eigenvalue weighted by Crippen LogP contribution is 2.31. The Bertz CT molecular complexity index is 309. The lowest BCUT2D eigenvalue weighted by molar-refractivity contribution is -0.146. The number of carbonyl (C=O) groups excluding carboxylic acids is 1. The molecule has 0 unspecified atom stereocenters. The highest BCUT2D eigenvalue weighted by molar-refractivity contribution is 5.71. The zero-order chi connectivity index (χ0) is 15.1. The van der Waals surface area contributed by atoms with Crippen LogP contribution in [0.1, 0.15) is 25.7 Å². The van der Waals surface area contributed by atoms with Crippen molar-refractivity contribution in [2.75, 3.05) is 60.1 Å². The summed E-state index contributed by atoms with van der Waals surface area (Å²) in [6, 6.07) is 0. The molecule has 0 atom stereocenters. The summed E-state index contributed by atoms with van der Waals surface area (Å²) in [6.07, 6.45) is 5.17. The molecule has 0 aliphatic carbocycles. The van der Waals surface area contributed by atoms with Crippen molar-refractivity contribution >= 4 is 5.97 Å². The predicted molar refractivity (Wildman–Crippen MR) is 82.2 cm³/mol. The molecule has 122 valence electrons. The number of piperidine rings is 2. The van der Waals surface area contributed by atoms with Gasteiger partial charge in [0.1, 0.15) is 6.61 Å². The van der Waals surface area contributed by atoms with Crippen LogP contribution in [-0.4, -0.2) is 75.9 Å². The molecule has 2 aliphatic heterocycles. The summed E-state index contributed by atoms with van der Waals surface area (Å²) in [6.45, 7) is 5.84. The molecule has 0 saturated carbocycles. The first kappa shape index (κ1) is 16.7. The van der Waals surface area contributed by atoms with Crippen LogP contribution in [0.25, 0.3) is 0 Å². The van der Waals surface area contributed by atoms with Crippen LogP contribution in [0.4, 0.5) is 0 Å². The summed E-state index contributed by atoms with van der Waals surface area (Å²) >= 11 is 0. The Kier molecular flexibility index (Phi) is 6.93. The van der Waals surface area contributed by atoms with Crippen molar-refractivity contribution in [2.45, 2.75) is 25.7 Å². The van der Waals surface area contributed by atoms with E-state index in [9.17, 15) is 4.79 Å². The number of rotatable bonds is 6. The van der Waals surface area contributed by atoms with E-state index in [1.807, 2.05) is 0 Å². The Morgan fingerprint density at radius 3 is 2.14 bits per heavy atom. The van der Waals surface area contributed by atoms with Gasteiger partial charge in [-0.15, -0.1) is 0 Å². The van der Waals surface area contributed by atoms with E-state index < -0.39 is 0 Å². The normalized spacial score (nSPS) is 23.3. The lowest BCUT2D eigenvalue weighted by Gasteiger charge is -2.39. The van der Waals surface area contributed by atoms with Gasteiger partial charge in [-0.25, -0.2) is 0 Å². The molecule has 0 bridgehead atoms. The monoisotopic (exact) mass is 298 g/mol. The van der Waals surface area contributed by atoms with Gasteiger partial charge in [0.25, 0.3) is 0 Å². The van der Waals surface area contributed by atoms with Gasteiger partial charge in [0.15, 0.2) is 0 Å². The van der Waals surface area contributed by atoms with Gasteiger partial charge in [0.05, 0.1) is 13.2 Å². The summed E-state index contributed by atoms with van der Waals surface area (Å²) in [4.78, 5) is 16.3. The number of carbonyl (C=O) groups is 1. The summed E-state index contributed by atoms with van der Waals surface area (Å²) in [7, 11) is 3.83. The van der Waals surface area contributed by atoms with Gasteiger partial charge < -0.3 is 14.4 Å². The standard InChI is InChI=1S/C16H30N2O3/c1-17-7-3-14(4-8-17)15-5-9-18(10-6-15)13-16(19)21-12-11-20-2/h14-15H,3-13H2,1-2H3. The predicted octanol–water partition coefficient (Wildman–Crippen LogP) is 1.23. The molecule has 2 aliphatic rings. The fourth-order valence-electron chi connectivity index (χ4n) is 3.55. The molecule has 0 amide bonds. The van der Waals surface area contributed by atoms with Crippen LogP contribution < -0.4 is 0 Å². The van der Waals surface area contributed by atoms with Crippen molar-refractivity contribution in [3.63, 3.8) is 0 Å². The molecular weight excluding hydrogens is 268 g/mol. The zero-order valence-electron chi connectivity index (χ0n) is 13.6. The number of esters is 1. The number of ether oxygens (including phenoxy) is 2. The molecule has 0 aromatic rings. The van der Waals surface area contributed by atoms with Crippen molar-refractivity contribution in [3.05, 3.63) is 0 Å². The molecule has 21 heavy (non-hydrogen) atoms. The molecule has 0 spiro atoms. The first-order chi connectivity index (χ1) is 10.2. The van der Waals surface area contributed by atoms with Gasteiger partial charge in [-0.2, -0.15) is 0 Å². The van der Waals surface area contributed by atoms with Crippen molar-refractivity contribution in [1.29, 1.82) is 0 Å². The first-order valence-electron chi connectivity index (χ1n) is 8.24. The van der Waals surface area contributed by atoms with E-state index in [0.29, 0.717) is 19.8 Å². The van der Waals surface area contributed by atoms with E-state index in [-0.39, 0.29) is 5.97 Å². The molecule has 2 heterocycles. The van der Waals surface area contributed by atoms with Gasteiger partial charge >= 0.3 is 5.97 Å². The van der Waals surface area contributed by atoms with E-state index >= 15 is 0 Å². The maximum Gasteiger partial charge on any atom is 0.320 e. The van der Waals surface area contributed by atoms with Gasteiger partial charge in [-0.3, -0.25) is 9.69 Å². The Morgan fingerprint density at radius 2 is 1.57 bits per heavy atom. The van der Waals surface area contributed by atoms with Gasteiger partial charge in [0, 0.05) is 7.11 Å². The molecular formula is C16H30N2O3. The quantitative estimate of drug-likeness (QED) is 0.545. The minimum atomic E-state index is -0.121. The van der Waals surface area contributed by atoms with Gasteiger partial charge in [0.2, 0.25) is 0 Å². The Hall–Kier alpha value is -0.650. The lowest BCUT2D eigenvalue weighted by Crippen LogP contribution is -2.41. The van der Waals surface area contributed by atoms with Crippen molar-refractivity contribution in [2.24, 2.45) is 11.8 Å². The Labute approximate surface area is 128 Å². The Morgan fingerprint density at radius 1 is 1.00 bits per heavy atom. The number of nitrogens with zero attached hydrogens (tertiary/aromatic N) is 2. The third kappa shape index (κ3) is 5.57. The SMILES string of the molecule is COCCOC(=O)CN1CCC(C2CCN(C)CC2)CC1. The first-order valence-corrected chi connectivity index (χ1v) is 8.24. The van der Waals surface area contributed by atoms with Crippen LogP contribution in [0.2, 0.25) is 0 Å². The van der Waals surface area contributed by atoms with Crippen LogP contribution in [0.15, 0.2) is 0 Å². The highest BCUT2D eigenvalue weighted by Gasteiger charge is 2.29. The minimum absolute atomic E-state index is 0.121. The largest absolute Gasteiger partial charge is 0.462 e. The molecule has 0 N–H and O–H groups in total. The topological polar surface area (TPSA) is 42.0 Å². The molecule has 2 saturated heterocycles. The third-order valence-electron chi connectivity index (χ3n) is 4.97. The number of hydrogen-bond acceptors (Lipinski definition) is 5. The summed E-state index contributed by atoms with van der Waals surface area (Å²) in [5, 5.41) is 0. The van der Waals surface area contributed by atoms with E-state index in [2.05, 4.69) is 16.8 Å². The minimum Gasteiger partial charge on any atom is -0.462 e. The second kappa shape index (κ2) is 8.71. The second-order valence-electron chi connectivity index (χ2n) is 6.47. The number of hydrogen-bond donors (Lipinski definition) is 0. The van der Waals surface area contributed by atoms with Gasteiger partial charge in [-0.1, -0.05) is 0 Å². The Balaban J connectivity index is 1.62. The summed E-state index contributed by atoms with van der Waals surface area (Å²) in [5.74, 6) is 1.64. The average molecular weight is 298 g/mol.